The second-order valence-corrected chi connectivity index (χ2v) is 5.77. The average molecular weight is 363 g/mol. The van der Waals surface area contributed by atoms with Gasteiger partial charge in [0, 0.05) is 11.8 Å². The van der Waals surface area contributed by atoms with Gasteiger partial charge < -0.3 is 10.1 Å². The van der Waals surface area contributed by atoms with Crippen molar-refractivity contribution in [2.24, 2.45) is 0 Å². The Kier molecular flexibility index (Phi) is 5.71. The van der Waals surface area contributed by atoms with Crippen LogP contribution in [0.15, 0.2) is 36.4 Å². The summed E-state index contributed by atoms with van der Waals surface area (Å²) in [5.41, 5.74) is 1.99. The van der Waals surface area contributed by atoms with Crippen LogP contribution in [0, 0.1) is 24.0 Å². The highest BCUT2D eigenvalue weighted by Crippen LogP contribution is 2.27. The lowest BCUT2D eigenvalue weighted by Gasteiger charge is -2.09. The first kappa shape index (κ1) is 18.4. The molecule has 0 aromatic heterocycles. The van der Waals surface area contributed by atoms with Crippen LogP contribution in [0.2, 0.25) is 5.02 Å². The van der Waals surface area contributed by atoms with Gasteiger partial charge in [0.2, 0.25) is 0 Å². The minimum absolute atomic E-state index is 0.0377. The molecular formula is C17H15ClN2O5. The van der Waals surface area contributed by atoms with Crippen LogP contribution in [0.3, 0.4) is 0 Å². The number of anilines is 1. The Labute approximate surface area is 148 Å². The largest absolute Gasteiger partial charge is 0.452 e. The van der Waals surface area contributed by atoms with Crippen molar-refractivity contribution in [2.75, 3.05) is 11.9 Å². The van der Waals surface area contributed by atoms with Gasteiger partial charge in [-0.2, -0.15) is 0 Å². The predicted octanol–water partition coefficient (Wildman–Crippen LogP) is 3.66. The van der Waals surface area contributed by atoms with E-state index in [9.17, 15) is 19.7 Å². The number of rotatable bonds is 5. The first-order chi connectivity index (χ1) is 11.8. The van der Waals surface area contributed by atoms with Crippen molar-refractivity contribution in [1.82, 2.24) is 0 Å². The maximum absolute atomic E-state index is 12.0. The highest BCUT2D eigenvalue weighted by molar-refractivity contribution is 6.32. The monoisotopic (exact) mass is 362 g/mol. The van der Waals surface area contributed by atoms with Crippen LogP contribution in [0.1, 0.15) is 21.5 Å². The predicted molar refractivity (Wildman–Crippen MR) is 92.9 cm³/mol. The van der Waals surface area contributed by atoms with E-state index in [1.54, 1.807) is 19.1 Å². The molecule has 1 N–H and O–H groups in total. The summed E-state index contributed by atoms with van der Waals surface area (Å²) in [7, 11) is 0. The van der Waals surface area contributed by atoms with Crippen molar-refractivity contribution >= 4 is 34.9 Å². The van der Waals surface area contributed by atoms with Crippen molar-refractivity contribution < 1.29 is 19.2 Å². The van der Waals surface area contributed by atoms with E-state index in [1.165, 1.54) is 12.1 Å². The van der Waals surface area contributed by atoms with Crippen LogP contribution in [0.25, 0.3) is 0 Å². The molecular weight excluding hydrogens is 348 g/mol. The standard InChI is InChI=1S/C17H15ClN2O5/c1-10-3-5-13(11(2)7-10)17(22)25-9-16(21)19-12-4-6-14(18)15(8-12)20(23)24/h3-8H,9H2,1-2H3,(H,19,21). The number of amides is 1. The van der Waals surface area contributed by atoms with Gasteiger partial charge in [-0.15, -0.1) is 0 Å². The number of aryl methyl sites for hydroxylation is 2. The Morgan fingerprint density at radius 3 is 2.56 bits per heavy atom. The Bertz CT molecular complexity index is 851. The maximum Gasteiger partial charge on any atom is 0.338 e. The van der Waals surface area contributed by atoms with Crippen LogP contribution in [0.5, 0.6) is 0 Å². The first-order valence-electron chi connectivity index (χ1n) is 7.26. The minimum Gasteiger partial charge on any atom is -0.452 e. The lowest BCUT2D eigenvalue weighted by molar-refractivity contribution is -0.384. The lowest BCUT2D eigenvalue weighted by Crippen LogP contribution is -2.21. The number of carbonyl (C=O) groups excluding carboxylic acids is 2. The molecule has 8 heteroatoms. The number of hydrogen-bond donors (Lipinski definition) is 1. The molecule has 2 aromatic carbocycles. The van der Waals surface area contributed by atoms with Crippen LogP contribution >= 0.6 is 11.6 Å². The van der Waals surface area contributed by atoms with Gasteiger partial charge in [-0.05, 0) is 37.6 Å². The van der Waals surface area contributed by atoms with Gasteiger partial charge in [-0.25, -0.2) is 4.79 Å². The summed E-state index contributed by atoms with van der Waals surface area (Å²) in [6, 6.07) is 9.09. The number of ether oxygens (including phenoxy) is 1. The second-order valence-electron chi connectivity index (χ2n) is 5.37. The Morgan fingerprint density at radius 2 is 1.92 bits per heavy atom. The number of benzene rings is 2. The summed E-state index contributed by atoms with van der Waals surface area (Å²) in [4.78, 5) is 34.0. The van der Waals surface area contributed by atoms with Crippen molar-refractivity contribution in [2.45, 2.75) is 13.8 Å². The molecule has 0 aliphatic heterocycles. The average Bonchev–Trinajstić information content (AvgIpc) is 2.54. The fraction of sp³-hybridized carbons (Fsp3) is 0.176. The summed E-state index contributed by atoms with van der Waals surface area (Å²) < 4.78 is 4.97. The van der Waals surface area contributed by atoms with Crippen molar-refractivity contribution in [3.8, 4) is 0 Å². The summed E-state index contributed by atoms with van der Waals surface area (Å²) >= 11 is 5.70. The molecule has 0 saturated carbocycles. The molecule has 0 aliphatic carbocycles. The molecule has 7 nitrogen and oxygen atoms in total. The zero-order chi connectivity index (χ0) is 18.6. The van der Waals surface area contributed by atoms with Crippen LogP contribution in [0.4, 0.5) is 11.4 Å². The van der Waals surface area contributed by atoms with E-state index < -0.39 is 23.4 Å². The van der Waals surface area contributed by atoms with E-state index in [4.69, 9.17) is 16.3 Å². The van der Waals surface area contributed by atoms with Gasteiger partial charge in [0.1, 0.15) is 5.02 Å². The highest BCUT2D eigenvalue weighted by Gasteiger charge is 2.16. The molecule has 0 saturated heterocycles. The SMILES string of the molecule is Cc1ccc(C(=O)OCC(=O)Nc2ccc(Cl)c([N+](=O)[O-])c2)c(C)c1. The third-order valence-electron chi connectivity index (χ3n) is 3.36. The Balaban J connectivity index is 1.98. The van der Waals surface area contributed by atoms with E-state index in [-0.39, 0.29) is 16.4 Å². The molecule has 2 rings (SSSR count). The van der Waals surface area contributed by atoms with Gasteiger partial charge in [-0.3, -0.25) is 14.9 Å². The summed E-state index contributed by atoms with van der Waals surface area (Å²) in [6.45, 7) is 3.17. The number of halogens is 1. The Morgan fingerprint density at radius 1 is 1.20 bits per heavy atom. The minimum atomic E-state index is -0.655. The normalized spacial score (nSPS) is 10.2. The molecule has 0 heterocycles. The topological polar surface area (TPSA) is 98.5 Å². The van der Waals surface area contributed by atoms with Gasteiger partial charge in [0.25, 0.3) is 11.6 Å². The molecule has 25 heavy (non-hydrogen) atoms. The number of esters is 1. The summed E-state index contributed by atoms with van der Waals surface area (Å²) in [5.74, 6) is -1.23. The highest BCUT2D eigenvalue weighted by atomic mass is 35.5. The van der Waals surface area contributed by atoms with E-state index >= 15 is 0 Å². The molecule has 0 atom stereocenters. The van der Waals surface area contributed by atoms with Gasteiger partial charge in [-0.1, -0.05) is 29.3 Å². The molecule has 0 spiro atoms. The number of nitrogens with zero attached hydrogens (tertiary/aromatic N) is 1. The zero-order valence-electron chi connectivity index (χ0n) is 13.5. The van der Waals surface area contributed by atoms with Crippen LogP contribution < -0.4 is 5.32 Å². The van der Waals surface area contributed by atoms with Gasteiger partial charge in [0.05, 0.1) is 10.5 Å². The van der Waals surface area contributed by atoms with Gasteiger partial charge in [0.15, 0.2) is 6.61 Å². The van der Waals surface area contributed by atoms with Crippen LogP contribution in [-0.4, -0.2) is 23.4 Å². The van der Waals surface area contributed by atoms with E-state index in [2.05, 4.69) is 5.32 Å². The van der Waals surface area contributed by atoms with E-state index in [0.717, 1.165) is 17.2 Å². The molecule has 0 aliphatic rings. The summed E-state index contributed by atoms with van der Waals surface area (Å²) in [6.07, 6.45) is 0. The maximum atomic E-state index is 12.0. The molecule has 1 amide bonds. The zero-order valence-corrected chi connectivity index (χ0v) is 14.3. The van der Waals surface area contributed by atoms with Gasteiger partial charge >= 0.3 is 5.97 Å². The van der Waals surface area contributed by atoms with Crippen molar-refractivity contribution in [3.63, 3.8) is 0 Å². The molecule has 0 unspecified atom stereocenters. The molecule has 0 bridgehead atoms. The lowest BCUT2D eigenvalue weighted by atomic mass is 10.1. The van der Waals surface area contributed by atoms with Crippen molar-refractivity contribution in [3.05, 3.63) is 68.2 Å². The molecule has 2 aromatic rings. The Hall–Kier alpha value is -2.93. The molecule has 0 fully saturated rings. The first-order valence-corrected chi connectivity index (χ1v) is 7.64. The third-order valence-corrected chi connectivity index (χ3v) is 3.68. The second kappa shape index (κ2) is 7.76. The molecule has 0 radical (unpaired) electrons. The fourth-order valence-corrected chi connectivity index (χ4v) is 2.37. The molecule has 130 valence electrons. The number of nitrogens with one attached hydrogen (secondary N) is 1. The third kappa shape index (κ3) is 4.77. The van der Waals surface area contributed by atoms with Crippen molar-refractivity contribution in [1.29, 1.82) is 0 Å². The number of hydrogen-bond acceptors (Lipinski definition) is 5. The van der Waals surface area contributed by atoms with E-state index in [1.807, 2.05) is 13.0 Å². The fourth-order valence-electron chi connectivity index (χ4n) is 2.18. The quantitative estimate of drug-likeness (QED) is 0.497. The summed E-state index contributed by atoms with van der Waals surface area (Å²) in [5, 5.41) is 13.2. The number of nitro benzene ring substituents is 1. The van der Waals surface area contributed by atoms with Crippen LogP contribution in [-0.2, 0) is 9.53 Å². The van der Waals surface area contributed by atoms with E-state index in [0.29, 0.717) is 5.56 Å². The number of carbonyl (C=O) groups is 2. The number of nitro groups is 1. The smallest absolute Gasteiger partial charge is 0.338 e.